The number of rotatable bonds is 7. The lowest BCUT2D eigenvalue weighted by Crippen LogP contribution is -2.46. The topological polar surface area (TPSA) is 87.5 Å². The maximum absolute atomic E-state index is 11.9. The Hall–Kier alpha value is -1.92. The van der Waals surface area contributed by atoms with Crippen LogP contribution >= 0.6 is 0 Å². The molecule has 0 saturated heterocycles. The van der Waals surface area contributed by atoms with E-state index in [1.807, 2.05) is 52.2 Å². The monoisotopic (exact) mass is 306 g/mol. The minimum absolute atomic E-state index is 0.0331. The van der Waals surface area contributed by atoms with E-state index in [1.165, 1.54) is 0 Å². The Labute approximate surface area is 132 Å². The highest BCUT2D eigenvalue weighted by molar-refractivity contribution is 5.95. The fourth-order valence-electron chi connectivity index (χ4n) is 1.91. The summed E-state index contributed by atoms with van der Waals surface area (Å²) in [5.41, 5.74) is 7.54. The molecule has 1 aromatic carbocycles. The van der Waals surface area contributed by atoms with Crippen LogP contribution in [0.15, 0.2) is 24.3 Å². The van der Waals surface area contributed by atoms with Crippen molar-refractivity contribution >= 4 is 17.5 Å². The minimum Gasteiger partial charge on any atom is -0.346 e. The van der Waals surface area contributed by atoms with Crippen LogP contribution in [0.4, 0.5) is 5.69 Å². The molecule has 22 heavy (non-hydrogen) atoms. The van der Waals surface area contributed by atoms with Gasteiger partial charge in [-0.2, -0.15) is 0 Å². The maximum Gasteiger partial charge on any atom is 0.243 e. The molecule has 0 aromatic heterocycles. The maximum atomic E-state index is 11.9. The zero-order chi connectivity index (χ0) is 16.7. The first-order valence-corrected chi connectivity index (χ1v) is 7.36. The molecule has 6 heteroatoms. The Kier molecular flexibility index (Phi) is 7.01. The molecule has 0 aliphatic rings. The second-order valence-corrected chi connectivity index (χ2v) is 5.97. The van der Waals surface area contributed by atoms with Crippen LogP contribution in [0.5, 0.6) is 0 Å². The van der Waals surface area contributed by atoms with Crippen molar-refractivity contribution in [3.63, 3.8) is 0 Å². The molecule has 0 heterocycles. The Morgan fingerprint density at radius 2 is 1.95 bits per heavy atom. The van der Waals surface area contributed by atoms with Crippen LogP contribution < -0.4 is 16.4 Å². The normalized spacial score (nSPS) is 12.3. The van der Waals surface area contributed by atoms with Crippen LogP contribution in [0.3, 0.4) is 0 Å². The van der Waals surface area contributed by atoms with E-state index in [0.29, 0.717) is 5.69 Å². The van der Waals surface area contributed by atoms with Gasteiger partial charge in [0, 0.05) is 12.2 Å². The summed E-state index contributed by atoms with van der Waals surface area (Å²) in [4.78, 5) is 25.6. The molecule has 1 atom stereocenters. The summed E-state index contributed by atoms with van der Waals surface area (Å²) in [6, 6.07) is 7.02. The summed E-state index contributed by atoms with van der Waals surface area (Å²) in [5, 5.41) is 5.31. The first kappa shape index (κ1) is 18.1. The van der Waals surface area contributed by atoms with E-state index in [-0.39, 0.29) is 24.3 Å². The van der Waals surface area contributed by atoms with Crippen molar-refractivity contribution in [2.75, 3.05) is 26.0 Å². The fraction of sp³-hybridized carbons (Fsp3) is 0.500. The predicted octanol–water partition coefficient (Wildman–Crippen LogP) is 0.786. The molecule has 0 saturated carbocycles. The smallest absolute Gasteiger partial charge is 0.243 e. The van der Waals surface area contributed by atoms with Gasteiger partial charge in [-0.25, -0.2) is 0 Å². The molecule has 1 rings (SSSR count). The summed E-state index contributed by atoms with van der Waals surface area (Å²) in [5.74, 6) is -0.552. The highest BCUT2D eigenvalue weighted by Crippen LogP contribution is 2.11. The third-order valence-corrected chi connectivity index (χ3v) is 3.15. The van der Waals surface area contributed by atoms with E-state index in [4.69, 9.17) is 5.73 Å². The number of carbonyl (C=O) groups is 2. The third-order valence-electron chi connectivity index (χ3n) is 3.15. The number of hydrogen-bond donors (Lipinski definition) is 3. The SMILES string of the molecule is CC(C)[C@H](N)C(=O)NCC(=O)Nc1cccc(CN(C)C)c1. The number of carbonyl (C=O) groups excluding carboxylic acids is 2. The minimum atomic E-state index is -0.601. The van der Waals surface area contributed by atoms with Gasteiger partial charge in [0.15, 0.2) is 0 Å². The molecule has 6 nitrogen and oxygen atoms in total. The second kappa shape index (κ2) is 8.51. The van der Waals surface area contributed by atoms with Crippen molar-refractivity contribution in [3.05, 3.63) is 29.8 Å². The Bertz CT molecular complexity index is 515. The lowest BCUT2D eigenvalue weighted by molar-refractivity contribution is -0.125. The van der Waals surface area contributed by atoms with Gasteiger partial charge in [-0.3, -0.25) is 9.59 Å². The van der Waals surface area contributed by atoms with Crippen LogP contribution in [0.1, 0.15) is 19.4 Å². The van der Waals surface area contributed by atoms with E-state index >= 15 is 0 Å². The molecule has 0 unspecified atom stereocenters. The third kappa shape index (κ3) is 6.24. The van der Waals surface area contributed by atoms with Gasteiger partial charge in [-0.05, 0) is 37.7 Å². The molecule has 122 valence electrons. The first-order valence-electron chi connectivity index (χ1n) is 7.36. The summed E-state index contributed by atoms with van der Waals surface area (Å²) in [6.45, 7) is 4.43. The number of hydrogen-bond acceptors (Lipinski definition) is 4. The zero-order valence-electron chi connectivity index (χ0n) is 13.7. The Morgan fingerprint density at radius 3 is 2.55 bits per heavy atom. The van der Waals surface area contributed by atoms with Crippen LogP contribution in [-0.2, 0) is 16.1 Å². The molecule has 0 aliphatic carbocycles. The second-order valence-electron chi connectivity index (χ2n) is 5.97. The van der Waals surface area contributed by atoms with Gasteiger partial charge in [-0.1, -0.05) is 26.0 Å². The largest absolute Gasteiger partial charge is 0.346 e. The highest BCUT2D eigenvalue weighted by atomic mass is 16.2. The molecule has 0 radical (unpaired) electrons. The van der Waals surface area contributed by atoms with E-state index in [0.717, 1.165) is 12.1 Å². The van der Waals surface area contributed by atoms with Gasteiger partial charge in [0.2, 0.25) is 11.8 Å². The van der Waals surface area contributed by atoms with Gasteiger partial charge in [-0.15, -0.1) is 0 Å². The van der Waals surface area contributed by atoms with Crippen molar-refractivity contribution < 1.29 is 9.59 Å². The first-order chi connectivity index (χ1) is 10.3. The van der Waals surface area contributed by atoms with E-state index in [9.17, 15) is 9.59 Å². The number of anilines is 1. The predicted molar refractivity (Wildman–Crippen MR) is 88.3 cm³/mol. The van der Waals surface area contributed by atoms with Crippen molar-refractivity contribution in [1.82, 2.24) is 10.2 Å². The average Bonchev–Trinajstić information content (AvgIpc) is 2.43. The van der Waals surface area contributed by atoms with E-state index in [1.54, 1.807) is 0 Å². The molecule has 4 N–H and O–H groups in total. The molecule has 0 fully saturated rings. The molecule has 1 aromatic rings. The molecular formula is C16H26N4O2. The standard InChI is InChI=1S/C16H26N4O2/c1-11(2)15(17)16(22)18-9-14(21)19-13-7-5-6-12(8-13)10-20(3)4/h5-8,11,15H,9-10,17H2,1-4H3,(H,18,22)(H,19,21)/t15-/m0/s1. The molecule has 2 amide bonds. The lowest BCUT2D eigenvalue weighted by atomic mass is 10.1. The molecule has 0 spiro atoms. The summed E-state index contributed by atoms with van der Waals surface area (Å²) in [6.07, 6.45) is 0. The average molecular weight is 306 g/mol. The Balaban J connectivity index is 2.50. The molecule has 0 aliphatic heterocycles. The zero-order valence-corrected chi connectivity index (χ0v) is 13.7. The van der Waals surface area contributed by atoms with Gasteiger partial charge in [0.25, 0.3) is 0 Å². The van der Waals surface area contributed by atoms with Gasteiger partial charge >= 0.3 is 0 Å². The van der Waals surface area contributed by atoms with Crippen molar-refractivity contribution in [1.29, 1.82) is 0 Å². The van der Waals surface area contributed by atoms with Crippen LogP contribution in [-0.4, -0.2) is 43.4 Å². The quantitative estimate of drug-likeness (QED) is 0.695. The number of amides is 2. The van der Waals surface area contributed by atoms with Crippen LogP contribution in [0, 0.1) is 5.92 Å². The highest BCUT2D eigenvalue weighted by Gasteiger charge is 2.17. The Morgan fingerprint density at radius 1 is 1.27 bits per heavy atom. The van der Waals surface area contributed by atoms with Crippen molar-refractivity contribution in [2.45, 2.75) is 26.4 Å². The van der Waals surface area contributed by atoms with Gasteiger partial charge in [0.1, 0.15) is 0 Å². The van der Waals surface area contributed by atoms with Gasteiger partial charge < -0.3 is 21.3 Å². The fourth-order valence-corrected chi connectivity index (χ4v) is 1.91. The van der Waals surface area contributed by atoms with Crippen LogP contribution in [0.25, 0.3) is 0 Å². The van der Waals surface area contributed by atoms with E-state index in [2.05, 4.69) is 15.5 Å². The van der Waals surface area contributed by atoms with Crippen molar-refractivity contribution in [2.24, 2.45) is 11.7 Å². The molecular weight excluding hydrogens is 280 g/mol. The summed E-state index contributed by atoms with van der Waals surface area (Å²) in [7, 11) is 3.97. The number of benzene rings is 1. The lowest BCUT2D eigenvalue weighted by Gasteiger charge is -2.15. The number of nitrogens with one attached hydrogen (secondary N) is 2. The van der Waals surface area contributed by atoms with E-state index < -0.39 is 6.04 Å². The van der Waals surface area contributed by atoms with Gasteiger partial charge in [0.05, 0.1) is 12.6 Å². The number of nitrogens with zero attached hydrogens (tertiary/aromatic N) is 1. The van der Waals surface area contributed by atoms with Crippen molar-refractivity contribution in [3.8, 4) is 0 Å². The van der Waals surface area contributed by atoms with Crippen LogP contribution in [0.2, 0.25) is 0 Å². The summed E-state index contributed by atoms with van der Waals surface area (Å²) < 4.78 is 0. The molecule has 0 bridgehead atoms. The summed E-state index contributed by atoms with van der Waals surface area (Å²) >= 11 is 0. The number of nitrogens with two attached hydrogens (primary N) is 1.